The van der Waals surface area contributed by atoms with Gasteiger partial charge in [0.05, 0.1) is 5.71 Å². The van der Waals surface area contributed by atoms with E-state index in [9.17, 15) is 9.90 Å². The standard InChI is InChI=1S/C22H18Cl2N2O3/c1-14(15-3-8-19(27)9-4-15)25-26-22(28)16-5-10-20(11-6-16)29-13-17-2-7-18(23)12-21(17)24/h2-12,27H,13H2,1H3,(H,26,28)/b25-14+. The van der Waals surface area contributed by atoms with Gasteiger partial charge < -0.3 is 9.84 Å². The second kappa shape index (κ2) is 9.45. The number of hydrogen-bond donors (Lipinski definition) is 2. The predicted molar refractivity (Wildman–Crippen MR) is 115 cm³/mol. The molecular weight excluding hydrogens is 411 g/mol. The third-order valence-electron chi connectivity index (χ3n) is 4.14. The van der Waals surface area contributed by atoms with Crippen LogP contribution in [0.4, 0.5) is 0 Å². The summed E-state index contributed by atoms with van der Waals surface area (Å²) in [6, 6.07) is 18.5. The van der Waals surface area contributed by atoms with E-state index < -0.39 is 0 Å². The van der Waals surface area contributed by atoms with E-state index in [0.717, 1.165) is 11.1 Å². The zero-order valence-electron chi connectivity index (χ0n) is 15.5. The minimum atomic E-state index is -0.338. The van der Waals surface area contributed by atoms with Gasteiger partial charge in [-0.15, -0.1) is 0 Å². The summed E-state index contributed by atoms with van der Waals surface area (Å²) in [5.41, 5.74) is 5.20. The molecular formula is C22H18Cl2N2O3. The number of nitrogens with zero attached hydrogens (tertiary/aromatic N) is 1. The fraction of sp³-hybridized carbons (Fsp3) is 0.0909. The minimum Gasteiger partial charge on any atom is -0.508 e. The first kappa shape index (κ1) is 20.7. The molecule has 0 radical (unpaired) electrons. The van der Waals surface area contributed by atoms with Crippen molar-refractivity contribution < 1.29 is 14.6 Å². The third-order valence-corrected chi connectivity index (χ3v) is 4.72. The number of rotatable bonds is 6. The normalized spacial score (nSPS) is 11.2. The van der Waals surface area contributed by atoms with Gasteiger partial charge in [0.1, 0.15) is 18.1 Å². The van der Waals surface area contributed by atoms with Gasteiger partial charge >= 0.3 is 0 Å². The second-order valence-corrected chi connectivity index (χ2v) is 7.08. The van der Waals surface area contributed by atoms with E-state index in [1.54, 1.807) is 73.7 Å². The Kier molecular flexibility index (Phi) is 6.75. The number of aromatic hydroxyl groups is 1. The lowest BCUT2D eigenvalue weighted by atomic mass is 10.1. The van der Waals surface area contributed by atoms with Gasteiger partial charge in [-0.25, -0.2) is 5.43 Å². The number of nitrogens with one attached hydrogen (secondary N) is 1. The SMILES string of the molecule is C/C(=N\NC(=O)c1ccc(OCc2ccc(Cl)cc2Cl)cc1)c1ccc(O)cc1. The lowest BCUT2D eigenvalue weighted by Gasteiger charge is -2.09. The number of amides is 1. The fourth-order valence-electron chi connectivity index (χ4n) is 2.47. The third kappa shape index (κ3) is 5.73. The molecule has 0 aliphatic rings. The molecule has 0 bridgehead atoms. The van der Waals surface area contributed by atoms with E-state index in [4.69, 9.17) is 27.9 Å². The van der Waals surface area contributed by atoms with Crippen LogP contribution in [-0.4, -0.2) is 16.7 Å². The van der Waals surface area contributed by atoms with Crippen LogP contribution < -0.4 is 10.2 Å². The molecule has 0 aliphatic carbocycles. The summed E-state index contributed by atoms with van der Waals surface area (Å²) in [4.78, 5) is 12.3. The maximum atomic E-state index is 12.3. The van der Waals surface area contributed by atoms with Crippen LogP contribution in [0.1, 0.15) is 28.4 Å². The van der Waals surface area contributed by atoms with Crippen LogP contribution in [-0.2, 0) is 6.61 Å². The van der Waals surface area contributed by atoms with E-state index in [0.29, 0.717) is 27.1 Å². The predicted octanol–water partition coefficient (Wildman–Crippen LogP) is 5.43. The summed E-state index contributed by atoms with van der Waals surface area (Å²) < 4.78 is 5.71. The van der Waals surface area contributed by atoms with E-state index >= 15 is 0 Å². The van der Waals surface area contributed by atoms with Crippen molar-refractivity contribution in [3.8, 4) is 11.5 Å². The van der Waals surface area contributed by atoms with E-state index in [2.05, 4.69) is 10.5 Å². The van der Waals surface area contributed by atoms with Gasteiger partial charge in [0.15, 0.2) is 0 Å². The maximum absolute atomic E-state index is 12.3. The Balaban J connectivity index is 1.58. The van der Waals surface area contributed by atoms with Crippen LogP contribution in [0.5, 0.6) is 11.5 Å². The highest BCUT2D eigenvalue weighted by Gasteiger charge is 2.07. The summed E-state index contributed by atoms with van der Waals surface area (Å²) in [6.07, 6.45) is 0. The molecule has 0 atom stereocenters. The van der Waals surface area contributed by atoms with Gasteiger partial charge in [-0.05, 0) is 73.2 Å². The van der Waals surface area contributed by atoms with Crippen molar-refractivity contribution in [2.24, 2.45) is 5.10 Å². The molecule has 29 heavy (non-hydrogen) atoms. The molecule has 5 nitrogen and oxygen atoms in total. The number of carbonyl (C=O) groups is 1. The number of carbonyl (C=O) groups excluding carboxylic acids is 1. The molecule has 3 aromatic carbocycles. The van der Waals surface area contributed by atoms with Crippen molar-refractivity contribution in [3.05, 3.63) is 93.5 Å². The summed E-state index contributed by atoms with van der Waals surface area (Å²) in [5.74, 6) is 0.443. The molecule has 0 heterocycles. The number of benzene rings is 3. The van der Waals surface area contributed by atoms with Gasteiger partial charge in [0, 0.05) is 21.2 Å². The Morgan fingerprint density at radius 3 is 2.31 bits per heavy atom. The molecule has 0 saturated heterocycles. The molecule has 2 N–H and O–H groups in total. The molecule has 148 valence electrons. The number of hydrogen-bond acceptors (Lipinski definition) is 4. The van der Waals surface area contributed by atoms with Gasteiger partial charge in [0.2, 0.25) is 0 Å². The lowest BCUT2D eigenvalue weighted by Crippen LogP contribution is -2.19. The number of ether oxygens (including phenoxy) is 1. The quantitative estimate of drug-likeness (QED) is 0.405. The van der Waals surface area contributed by atoms with Crippen LogP contribution in [0.2, 0.25) is 10.0 Å². The number of halogens is 2. The Morgan fingerprint density at radius 2 is 1.66 bits per heavy atom. The second-order valence-electron chi connectivity index (χ2n) is 6.23. The smallest absolute Gasteiger partial charge is 0.271 e. The lowest BCUT2D eigenvalue weighted by molar-refractivity contribution is 0.0955. The zero-order valence-corrected chi connectivity index (χ0v) is 17.0. The number of hydrazone groups is 1. The maximum Gasteiger partial charge on any atom is 0.271 e. The monoisotopic (exact) mass is 428 g/mol. The summed E-state index contributed by atoms with van der Waals surface area (Å²) in [6.45, 7) is 2.06. The van der Waals surface area contributed by atoms with Gasteiger partial charge in [0.25, 0.3) is 5.91 Å². The van der Waals surface area contributed by atoms with Crippen molar-refractivity contribution in [2.75, 3.05) is 0 Å². The first-order valence-corrected chi connectivity index (χ1v) is 9.49. The van der Waals surface area contributed by atoms with Crippen molar-refractivity contribution in [1.29, 1.82) is 0 Å². The van der Waals surface area contributed by atoms with E-state index in [1.165, 1.54) is 0 Å². The highest BCUT2D eigenvalue weighted by atomic mass is 35.5. The highest BCUT2D eigenvalue weighted by Crippen LogP contribution is 2.23. The summed E-state index contributed by atoms with van der Waals surface area (Å²) >= 11 is 12.0. The molecule has 0 spiro atoms. The largest absolute Gasteiger partial charge is 0.508 e. The summed E-state index contributed by atoms with van der Waals surface area (Å²) in [7, 11) is 0. The Morgan fingerprint density at radius 1 is 1.00 bits per heavy atom. The molecule has 3 rings (SSSR count). The van der Waals surface area contributed by atoms with Crippen LogP contribution in [0.15, 0.2) is 71.8 Å². The average Bonchev–Trinajstić information content (AvgIpc) is 2.72. The van der Waals surface area contributed by atoms with Crippen molar-refractivity contribution in [2.45, 2.75) is 13.5 Å². The molecule has 0 aliphatic heterocycles. The average molecular weight is 429 g/mol. The van der Waals surface area contributed by atoms with Crippen LogP contribution in [0, 0.1) is 0 Å². The Bertz CT molecular complexity index is 1030. The molecule has 0 fully saturated rings. The van der Waals surface area contributed by atoms with E-state index in [-0.39, 0.29) is 18.3 Å². The minimum absolute atomic E-state index is 0.172. The van der Waals surface area contributed by atoms with Crippen molar-refractivity contribution in [3.63, 3.8) is 0 Å². The fourth-order valence-corrected chi connectivity index (χ4v) is 2.93. The van der Waals surface area contributed by atoms with Gasteiger partial charge in [-0.1, -0.05) is 29.3 Å². The Hall–Kier alpha value is -3.02. The molecule has 3 aromatic rings. The number of phenolic OH excluding ortho intramolecular Hbond substituents is 1. The Labute approximate surface area is 178 Å². The van der Waals surface area contributed by atoms with E-state index in [1.807, 2.05) is 0 Å². The van der Waals surface area contributed by atoms with Crippen LogP contribution in [0.3, 0.4) is 0 Å². The van der Waals surface area contributed by atoms with Gasteiger partial charge in [-0.3, -0.25) is 4.79 Å². The topological polar surface area (TPSA) is 70.9 Å². The number of phenols is 1. The summed E-state index contributed by atoms with van der Waals surface area (Å²) in [5, 5.41) is 14.5. The van der Waals surface area contributed by atoms with Crippen LogP contribution in [0.25, 0.3) is 0 Å². The highest BCUT2D eigenvalue weighted by molar-refractivity contribution is 6.35. The first-order chi connectivity index (χ1) is 13.9. The van der Waals surface area contributed by atoms with Crippen LogP contribution >= 0.6 is 23.2 Å². The molecule has 0 saturated carbocycles. The van der Waals surface area contributed by atoms with Crippen molar-refractivity contribution >= 4 is 34.8 Å². The van der Waals surface area contributed by atoms with Crippen molar-refractivity contribution in [1.82, 2.24) is 5.43 Å². The molecule has 1 amide bonds. The zero-order chi connectivity index (χ0) is 20.8. The molecule has 7 heteroatoms. The first-order valence-electron chi connectivity index (χ1n) is 8.73. The molecule has 0 aromatic heterocycles. The van der Waals surface area contributed by atoms with Gasteiger partial charge in [-0.2, -0.15) is 5.10 Å². The molecule has 0 unspecified atom stereocenters.